The fourth-order valence-corrected chi connectivity index (χ4v) is 7.72. The largest absolute Gasteiger partial charge is 0.507 e. The van der Waals surface area contributed by atoms with Gasteiger partial charge >= 0.3 is 0 Å². The van der Waals surface area contributed by atoms with Gasteiger partial charge in [-0.3, -0.25) is 14.4 Å². The number of fused-ring (bicyclic) bond motifs is 2. The maximum Gasteiger partial charge on any atom is 0.296 e. The minimum atomic E-state index is -3.72. The van der Waals surface area contributed by atoms with Crippen molar-refractivity contribution in [3.8, 4) is 0 Å². The van der Waals surface area contributed by atoms with Crippen molar-refractivity contribution < 1.29 is 27.9 Å². The average Bonchev–Trinajstić information content (AvgIpc) is 3.36. The maximum absolute atomic E-state index is 14.4. The molecule has 0 radical (unpaired) electrons. The number of anilines is 1. The molecule has 3 aliphatic heterocycles. The van der Waals surface area contributed by atoms with E-state index >= 15 is 0 Å². The lowest BCUT2D eigenvalue weighted by atomic mass is 9.82. The summed E-state index contributed by atoms with van der Waals surface area (Å²) in [7, 11) is 0.0580. The minimum Gasteiger partial charge on any atom is -0.507 e. The van der Waals surface area contributed by atoms with Crippen LogP contribution in [0.3, 0.4) is 0 Å². The van der Waals surface area contributed by atoms with Crippen LogP contribution in [0.5, 0.6) is 0 Å². The Kier molecular flexibility index (Phi) is 8.10. The molecule has 5 rings (SSSR count). The summed E-state index contributed by atoms with van der Waals surface area (Å²) < 4.78 is 27.8. The average molecular weight is 593 g/mol. The van der Waals surface area contributed by atoms with Crippen molar-refractivity contribution in [3.63, 3.8) is 0 Å². The van der Waals surface area contributed by atoms with Gasteiger partial charge in [0.15, 0.2) is 5.54 Å². The molecule has 0 saturated carbocycles. The Morgan fingerprint density at radius 3 is 2.33 bits per heavy atom. The van der Waals surface area contributed by atoms with Crippen molar-refractivity contribution in [2.24, 2.45) is 0 Å². The Morgan fingerprint density at radius 2 is 1.69 bits per heavy atom. The zero-order valence-electron chi connectivity index (χ0n) is 24.0. The van der Waals surface area contributed by atoms with Crippen LogP contribution in [0, 0.1) is 0 Å². The highest BCUT2D eigenvalue weighted by molar-refractivity contribution is 7.89. The Bertz CT molecular complexity index is 1560. The molecule has 0 aliphatic carbocycles. The van der Waals surface area contributed by atoms with Gasteiger partial charge in [0.1, 0.15) is 5.76 Å². The first-order valence-corrected chi connectivity index (χ1v) is 15.6. The second kappa shape index (κ2) is 11.5. The maximum atomic E-state index is 14.4. The van der Waals surface area contributed by atoms with E-state index in [-0.39, 0.29) is 29.1 Å². The predicted molar refractivity (Wildman–Crippen MR) is 159 cm³/mol. The number of nitrogens with zero attached hydrogens (tertiary/aromatic N) is 4. The van der Waals surface area contributed by atoms with E-state index in [1.54, 1.807) is 30.3 Å². The monoisotopic (exact) mass is 592 g/mol. The van der Waals surface area contributed by atoms with Crippen LogP contribution in [0.15, 0.2) is 71.7 Å². The highest BCUT2D eigenvalue weighted by Gasteiger charge is 2.66. The number of aliphatic hydroxyl groups excluding tert-OH is 1. The summed E-state index contributed by atoms with van der Waals surface area (Å²) in [6.45, 7) is 5.52. The number of likely N-dealkylation sites (tertiary alicyclic amines) is 1. The number of Topliss-reactive ketones (excluding diaryl/α,β-unsaturated/α-hetero) is 1. The SMILES string of the molecule is C=CCN1C(=O)C2(/C(=C(/O)c3ccc(S(=O)(=O)N4CCCCC4)cc3)C(=O)C(=O)N2CCCN(C)C)c2ccccc21. The third-order valence-corrected chi connectivity index (χ3v) is 10.1. The van der Waals surface area contributed by atoms with Crippen LogP contribution in [0.1, 0.15) is 36.8 Å². The molecule has 0 aromatic heterocycles. The molecule has 222 valence electrons. The summed E-state index contributed by atoms with van der Waals surface area (Å²) in [4.78, 5) is 46.5. The number of para-hydroxylation sites is 1. The first kappa shape index (κ1) is 29.7. The molecular weight excluding hydrogens is 556 g/mol. The Hall–Kier alpha value is -3.80. The molecule has 3 aliphatic rings. The van der Waals surface area contributed by atoms with Crippen molar-refractivity contribution in [1.82, 2.24) is 14.1 Å². The summed E-state index contributed by atoms with van der Waals surface area (Å²) in [5, 5.41) is 11.7. The summed E-state index contributed by atoms with van der Waals surface area (Å²) in [6.07, 6.45) is 4.63. The number of carbonyl (C=O) groups is 3. The fraction of sp³-hybridized carbons (Fsp3) is 0.387. The number of hydrogen-bond donors (Lipinski definition) is 1. The summed E-state index contributed by atoms with van der Waals surface area (Å²) in [5.41, 5.74) is -1.12. The zero-order chi connectivity index (χ0) is 30.2. The van der Waals surface area contributed by atoms with E-state index in [1.165, 1.54) is 38.4 Å². The van der Waals surface area contributed by atoms with Crippen molar-refractivity contribution >= 4 is 39.1 Å². The Balaban J connectivity index is 1.65. The number of carbonyl (C=O) groups excluding carboxylic acids is 3. The van der Waals surface area contributed by atoms with Crippen LogP contribution in [-0.2, 0) is 29.9 Å². The van der Waals surface area contributed by atoms with Gasteiger partial charge in [-0.05, 0) is 70.2 Å². The van der Waals surface area contributed by atoms with E-state index in [2.05, 4.69) is 6.58 Å². The molecule has 1 spiro atoms. The molecule has 1 unspecified atom stereocenters. The van der Waals surface area contributed by atoms with Crippen LogP contribution < -0.4 is 4.90 Å². The summed E-state index contributed by atoms with van der Waals surface area (Å²) in [5.74, 6) is -2.90. The van der Waals surface area contributed by atoms with Gasteiger partial charge in [-0.25, -0.2) is 8.42 Å². The van der Waals surface area contributed by atoms with E-state index in [1.807, 2.05) is 19.0 Å². The van der Waals surface area contributed by atoms with Gasteiger partial charge in [0, 0.05) is 37.3 Å². The van der Waals surface area contributed by atoms with Gasteiger partial charge in [0.2, 0.25) is 10.0 Å². The number of sulfonamides is 1. The number of piperidine rings is 1. The first-order chi connectivity index (χ1) is 20.1. The topological polar surface area (TPSA) is 119 Å². The fourth-order valence-electron chi connectivity index (χ4n) is 6.21. The molecule has 2 amide bonds. The quantitative estimate of drug-likeness (QED) is 0.206. The lowest BCUT2D eigenvalue weighted by Crippen LogP contribution is -2.52. The molecule has 10 nitrogen and oxygen atoms in total. The van der Waals surface area contributed by atoms with E-state index in [9.17, 15) is 27.9 Å². The van der Waals surface area contributed by atoms with Gasteiger partial charge in [-0.1, -0.05) is 30.7 Å². The number of rotatable bonds is 9. The summed E-state index contributed by atoms with van der Waals surface area (Å²) in [6, 6.07) is 12.5. The zero-order valence-corrected chi connectivity index (χ0v) is 24.8. The van der Waals surface area contributed by atoms with E-state index in [0.717, 1.165) is 19.3 Å². The summed E-state index contributed by atoms with van der Waals surface area (Å²) >= 11 is 0. The van der Waals surface area contributed by atoms with Gasteiger partial charge in [-0.2, -0.15) is 4.31 Å². The van der Waals surface area contributed by atoms with E-state index in [4.69, 9.17) is 0 Å². The smallest absolute Gasteiger partial charge is 0.296 e. The van der Waals surface area contributed by atoms with E-state index < -0.39 is 38.9 Å². The molecule has 3 heterocycles. The molecule has 2 fully saturated rings. The number of benzene rings is 2. The number of amides is 2. The van der Waals surface area contributed by atoms with Gasteiger partial charge in [0.25, 0.3) is 17.6 Å². The number of hydrogen-bond acceptors (Lipinski definition) is 7. The molecule has 2 aromatic carbocycles. The number of aliphatic hydroxyl groups is 1. The van der Waals surface area contributed by atoms with Gasteiger partial charge in [0.05, 0.1) is 16.2 Å². The Labute approximate surface area is 246 Å². The number of ketones is 1. The van der Waals surface area contributed by atoms with Crippen molar-refractivity contribution in [3.05, 3.63) is 77.9 Å². The van der Waals surface area contributed by atoms with Crippen LogP contribution >= 0.6 is 0 Å². The van der Waals surface area contributed by atoms with Crippen LogP contribution in [0.4, 0.5) is 5.69 Å². The van der Waals surface area contributed by atoms with Gasteiger partial charge < -0.3 is 19.8 Å². The highest BCUT2D eigenvalue weighted by atomic mass is 32.2. The first-order valence-electron chi connectivity index (χ1n) is 14.1. The van der Waals surface area contributed by atoms with E-state index in [0.29, 0.717) is 37.3 Å². The van der Waals surface area contributed by atoms with Crippen LogP contribution in [0.2, 0.25) is 0 Å². The lowest BCUT2D eigenvalue weighted by molar-refractivity contribution is -0.143. The standard InChI is InChI=1S/C31H36N4O6S/c1-4-17-34-25-12-7-6-11-24(25)31(30(34)39)26(28(37)29(38)35(31)21-10-18-32(2)3)27(36)22-13-15-23(16-14-22)42(40,41)33-19-8-5-9-20-33/h4,6-7,11-16,36H,1,5,8-10,17-21H2,2-3H3/b27-26+. The van der Waals surface area contributed by atoms with Crippen molar-refractivity contribution in [1.29, 1.82) is 0 Å². The molecular formula is C31H36N4O6S. The van der Waals surface area contributed by atoms with Crippen molar-refractivity contribution in [2.75, 3.05) is 51.7 Å². The molecule has 11 heteroatoms. The van der Waals surface area contributed by atoms with Crippen molar-refractivity contribution in [2.45, 2.75) is 36.1 Å². The second-order valence-electron chi connectivity index (χ2n) is 11.1. The minimum absolute atomic E-state index is 0.0687. The predicted octanol–water partition coefficient (Wildman–Crippen LogP) is 2.92. The Morgan fingerprint density at radius 1 is 1.02 bits per heavy atom. The molecule has 0 bridgehead atoms. The highest BCUT2D eigenvalue weighted by Crippen LogP contribution is 2.53. The molecule has 1 N–H and O–H groups in total. The third-order valence-electron chi connectivity index (χ3n) is 8.19. The molecule has 2 saturated heterocycles. The molecule has 2 aromatic rings. The lowest BCUT2D eigenvalue weighted by Gasteiger charge is -2.34. The third kappa shape index (κ3) is 4.65. The normalized spacial score (nSPS) is 22.4. The van der Waals surface area contributed by atoms with Crippen LogP contribution in [0.25, 0.3) is 5.76 Å². The second-order valence-corrected chi connectivity index (χ2v) is 13.0. The van der Waals surface area contributed by atoms with Gasteiger partial charge in [-0.15, -0.1) is 6.58 Å². The molecule has 42 heavy (non-hydrogen) atoms. The van der Waals surface area contributed by atoms with Crippen LogP contribution in [-0.4, -0.2) is 92.0 Å². The molecule has 1 atom stereocenters.